The van der Waals surface area contributed by atoms with Gasteiger partial charge in [-0.05, 0) is 48.9 Å². The van der Waals surface area contributed by atoms with Crippen molar-refractivity contribution in [2.45, 2.75) is 26.9 Å². The maximum absolute atomic E-state index is 10.3. The molecule has 0 saturated carbocycles. The van der Waals surface area contributed by atoms with Crippen LogP contribution in [0.15, 0.2) is 23.7 Å². The quantitative estimate of drug-likeness (QED) is 0.864. The molecule has 0 aliphatic heterocycles. The van der Waals surface area contributed by atoms with Crippen molar-refractivity contribution in [2.75, 3.05) is 0 Å². The Morgan fingerprint density at radius 3 is 2.56 bits per heavy atom. The number of hydrogen-bond donors (Lipinski definition) is 1. The van der Waals surface area contributed by atoms with Crippen molar-refractivity contribution in [1.29, 1.82) is 0 Å². The highest BCUT2D eigenvalue weighted by Gasteiger charge is 2.17. The molecule has 0 amide bonds. The second-order valence-corrected chi connectivity index (χ2v) is 5.03. The molecule has 84 valence electrons. The zero-order valence-corrected chi connectivity index (χ0v) is 10.5. The molecule has 0 saturated heterocycles. The number of aliphatic hydroxyl groups excluding tert-OH is 1. The van der Waals surface area contributed by atoms with E-state index >= 15 is 0 Å². The highest BCUT2D eigenvalue weighted by atomic mass is 32.1. The van der Waals surface area contributed by atoms with E-state index in [1.807, 2.05) is 32.2 Å². The minimum absolute atomic E-state index is 0.597. The Morgan fingerprint density at radius 2 is 2.00 bits per heavy atom. The molecular formula is C13H15NOS. The summed E-state index contributed by atoms with van der Waals surface area (Å²) in [5, 5.41) is 12.3. The summed E-state index contributed by atoms with van der Waals surface area (Å²) in [6, 6.07) is 4.07. The van der Waals surface area contributed by atoms with Gasteiger partial charge in [-0.2, -0.15) is 0 Å². The van der Waals surface area contributed by atoms with Gasteiger partial charge < -0.3 is 5.11 Å². The predicted octanol–water partition coefficient (Wildman–Crippen LogP) is 3.15. The molecule has 2 aromatic rings. The molecule has 1 unspecified atom stereocenters. The standard InChI is InChI=1S/C13H15NOS/c1-8-6-10(3)11(14-7-8)12(15)13-9(2)4-5-16-13/h4-7,12,15H,1-3H3. The normalized spacial score (nSPS) is 12.8. The van der Waals surface area contributed by atoms with E-state index in [0.29, 0.717) is 0 Å². The largest absolute Gasteiger partial charge is 0.381 e. The van der Waals surface area contributed by atoms with E-state index in [4.69, 9.17) is 0 Å². The van der Waals surface area contributed by atoms with Crippen molar-refractivity contribution < 1.29 is 5.11 Å². The highest BCUT2D eigenvalue weighted by Crippen LogP contribution is 2.29. The fourth-order valence-electron chi connectivity index (χ4n) is 1.80. The summed E-state index contributed by atoms with van der Waals surface area (Å²) in [6.45, 7) is 6.01. The van der Waals surface area contributed by atoms with Gasteiger partial charge in [-0.15, -0.1) is 11.3 Å². The smallest absolute Gasteiger partial charge is 0.131 e. The van der Waals surface area contributed by atoms with Crippen LogP contribution in [0.5, 0.6) is 0 Å². The second kappa shape index (κ2) is 4.36. The van der Waals surface area contributed by atoms with E-state index in [-0.39, 0.29) is 0 Å². The van der Waals surface area contributed by atoms with Crippen molar-refractivity contribution >= 4 is 11.3 Å². The minimum atomic E-state index is -0.597. The van der Waals surface area contributed by atoms with Gasteiger partial charge >= 0.3 is 0 Å². The average molecular weight is 233 g/mol. The maximum Gasteiger partial charge on any atom is 0.131 e. The van der Waals surface area contributed by atoms with E-state index in [9.17, 15) is 5.11 Å². The van der Waals surface area contributed by atoms with Gasteiger partial charge in [0.1, 0.15) is 6.10 Å². The third-order valence-electron chi connectivity index (χ3n) is 2.66. The summed E-state index contributed by atoms with van der Waals surface area (Å²) in [6.07, 6.45) is 1.20. The number of nitrogens with zero attached hydrogens (tertiary/aromatic N) is 1. The summed E-state index contributed by atoms with van der Waals surface area (Å²) in [7, 11) is 0. The molecule has 3 heteroatoms. The topological polar surface area (TPSA) is 33.1 Å². The summed E-state index contributed by atoms with van der Waals surface area (Å²) < 4.78 is 0. The van der Waals surface area contributed by atoms with Crippen LogP contribution in [0.2, 0.25) is 0 Å². The van der Waals surface area contributed by atoms with Crippen molar-refractivity contribution in [3.05, 3.63) is 51.0 Å². The summed E-state index contributed by atoms with van der Waals surface area (Å²) in [5.41, 5.74) is 4.05. The van der Waals surface area contributed by atoms with Gasteiger partial charge in [-0.1, -0.05) is 6.07 Å². The molecule has 0 aromatic carbocycles. The molecule has 2 rings (SSSR count). The number of aliphatic hydroxyl groups is 1. The van der Waals surface area contributed by atoms with Gasteiger partial charge in [0.05, 0.1) is 5.69 Å². The first-order chi connectivity index (χ1) is 7.59. The van der Waals surface area contributed by atoms with Gasteiger partial charge in [-0.25, -0.2) is 0 Å². The maximum atomic E-state index is 10.3. The van der Waals surface area contributed by atoms with Gasteiger partial charge in [0.15, 0.2) is 0 Å². The van der Waals surface area contributed by atoms with Crippen LogP contribution in [0.25, 0.3) is 0 Å². The number of thiophene rings is 1. The van der Waals surface area contributed by atoms with Crippen LogP contribution in [-0.4, -0.2) is 10.1 Å². The molecule has 0 fully saturated rings. The van der Waals surface area contributed by atoms with Crippen molar-refractivity contribution in [2.24, 2.45) is 0 Å². The minimum Gasteiger partial charge on any atom is -0.381 e. The highest BCUT2D eigenvalue weighted by molar-refractivity contribution is 7.10. The first-order valence-electron chi connectivity index (χ1n) is 5.25. The number of rotatable bonds is 2. The Morgan fingerprint density at radius 1 is 1.25 bits per heavy atom. The zero-order chi connectivity index (χ0) is 11.7. The third-order valence-corrected chi connectivity index (χ3v) is 3.74. The molecule has 2 heterocycles. The molecule has 1 atom stereocenters. The Labute approximate surface area is 99.6 Å². The molecule has 0 aliphatic rings. The Balaban J connectivity index is 2.41. The van der Waals surface area contributed by atoms with Crippen LogP contribution < -0.4 is 0 Å². The summed E-state index contributed by atoms with van der Waals surface area (Å²) in [4.78, 5) is 5.32. The van der Waals surface area contributed by atoms with Gasteiger partial charge in [0.2, 0.25) is 0 Å². The zero-order valence-electron chi connectivity index (χ0n) is 9.69. The Hall–Kier alpha value is -1.19. The van der Waals surface area contributed by atoms with Crippen molar-refractivity contribution in [3.63, 3.8) is 0 Å². The lowest BCUT2D eigenvalue weighted by Crippen LogP contribution is -2.04. The molecule has 0 bridgehead atoms. The monoisotopic (exact) mass is 233 g/mol. The van der Waals surface area contributed by atoms with Crippen LogP contribution in [0.1, 0.15) is 33.4 Å². The molecule has 0 spiro atoms. The first kappa shape index (κ1) is 11.3. The summed E-state index contributed by atoms with van der Waals surface area (Å²) >= 11 is 1.58. The number of aryl methyl sites for hydroxylation is 3. The number of hydrogen-bond acceptors (Lipinski definition) is 3. The number of aromatic nitrogens is 1. The van der Waals surface area contributed by atoms with Crippen molar-refractivity contribution in [3.8, 4) is 0 Å². The fraction of sp³-hybridized carbons (Fsp3) is 0.308. The van der Waals surface area contributed by atoms with Gasteiger partial charge in [-0.3, -0.25) is 4.98 Å². The molecule has 16 heavy (non-hydrogen) atoms. The Bertz CT molecular complexity index is 504. The fourth-order valence-corrected chi connectivity index (χ4v) is 2.71. The predicted molar refractivity (Wildman–Crippen MR) is 66.8 cm³/mol. The molecule has 2 aromatic heterocycles. The lowest BCUT2D eigenvalue weighted by Gasteiger charge is -2.12. The number of pyridine rings is 1. The average Bonchev–Trinajstić information content (AvgIpc) is 2.63. The Kier molecular flexibility index (Phi) is 3.08. The SMILES string of the molecule is Cc1cnc(C(O)c2sccc2C)c(C)c1. The van der Waals surface area contributed by atoms with E-state index in [2.05, 4.69) is 11.1 Å². The molecule has 2 nitrogen and oxygen atoms in total. The molecule has 0 radical (unpaired) electrons. The van der Waals surface area contributed by atoms with E-state index < -0.39 is 6.10 Å². The lowest BCUT2D eigenvalue weighted by molar-refractivity contribution is 0.217. The third kappa shape index (κ3) is 2.01. The van der Waals surface area contributed by atoms with Crippen LogP contribution in [0.4, 0.5) is 0 Å². The molecule has 0 aliphatic carbocycles. The van der Waals surface area contributed by atoms with Gasteiger partial charge in [0.25, 0.3) is 0 Å². The van der Waals surface area contributed by atoms with Crippen LogP contribution in [0, 0.1) is 20.8 Å². The van der Waals surface area contributed by atoms with E-state index in [1.165, 1.54) is 0 Å². The molecular weight excluding hydrogens is 218 g/mol. The van der Waals surface area contributed by atoms with E-state index in [0.717, 1.165) is 27.3 Å². The van der Waals surface area contributed by atoms with Crippen LogP contribution in [-0.2, 0) is 0 Å². The second-order valence-electron chi connectivity index (χ2n) is 4.09. The summed E-state index contributed by atoms with van der Waals surface area (Å²) in [5.74, 6) is 0. The van der Waals surface area contributed by atoms with Crippen molar-refractivity contribution in [1.82, 2.24) is 4.98 Å². The van der Waals surface area contributed by atoms with E-state index in [1.54, 1.807) is 17.5 Å². The lowest BCUT2D eigenvalue weighted by atomic mass is 10.1. The first-order valence-corrected chi connectivity index (χ1v) is 6.12. The van der Waals surface area contributed by atoms with Crippen LogP contribution >= 0.6 is 11.3 Å². The molecule has 1 N–H and O–H groups in total. The van der Waals surface area contributed by atoms with Gasteiger partial charge in [0, 0.05) is 11.1 Å². The van der Waals surface area contributed by atoms with Crippen LogP contribution in [0.3, 0.4) is 0 Å².